The van der Waals surface area contributed by atoms with Crippen molar-refractivity contribution in [2.75, 3.05) is 28.8 Å². The highest BCUT2D eigenvalue weighted by Gasteiger charge is 2.32. The van der Waals surface area contributed by atoms with Crippen LogP contribution in [-0.2, 0) is 16.0 Å². The predicted octanol–water partition coefficient (Wildman–Crippen LogP) is 2.86. The average Bonchev–Trinajstić information content (AvgIpc) is 2.94. The van der Waals surface area contributed by atoms with Gasteiger partial charge in [-0.1, -0.05) is 6.07 Å². The molecule has 140 valence electrons. The lowest BCUT2D eigenvalue weighted by Gasteiger charge is -2.24. The van der Waals surface area contributed by atoms with E-state index in [9.17, 15) is 21.6 Å². The van der Waals surface area contributed by atoms with Crippen molar-refractivity contribution in [2.45, 2.75) is 18.6 Å². The van der Waals surface area contributed by atoms with E-state index in [4.69, 9.17) is 0 Å². The lowest BCUT2D eigenvalue weighted by molar-refractivity contribution is -0.137. The van der Waals surface area contributed by atoms with Crippen molar-refractivity contribution in [3.63, 3.8) is 0 Å². The summed E-state index contributed by atoms with van der Waals surface area (Å²) in [6, 6.07) is 6.18. The van der Waals surface area contributed by atoms with Crippen molar-refractivity contribution >= 4 is 27.3 Å². The van der Waals surface area contributed by atoms with E-state index in [1.165, 1.54) is 18.3 Å². The summed E-state index contributed by atoms with van der Waals surface area (Å²) < 4.78 is 61.7. The second kappa shape index (κ2) is 6.75. The number of alkyl halides is 3. The number of sulfone groups is 1. The summed E-state index contributed by atoms with van der Waals surface area (Å²) in [7, 11) is -1.30. The van der Waals surface area contributed by atoms with Gasteiger partial charge in [0.25, 0.3) is 0 Å². The lowest BCUT2D eigenvalue weighted by atomic mass is 10.2. The zero-order valence-corrected chi connectivity index (χ0v) is 14.7. The number of aromatic nitrogens is 2. The third-order valence-corrected chi connectivity index (χ3v) is 5.95. The predicted molar refractivity (Wildman–Crippen MR) is 92.2 cm³/mol. The average molecular weight is 386 g/mol. The fourth-order valence-electron chi connectivity index (χ4n) is 2.78. The van der Waals surface area contributed by atoms with Crippen LogP contribution in [0.2, 0.25) is 0 Å². The quantitative estimate of drug-likeness (QED) is 0.871. The maximum Gasteiger partial charge on any atom is 0.416 e. The fourth-order valence-corrected chi connectivity index (χ4v) is 4.55. The van der Waals surface area contributed by atoms with Gasteiger partial charge in [-0.2, -0.15) is 18.2 Å². The molecule has 10 heteroatoms. The summed E-state index contributed by atoms with van der Waals surface area (Å²) in [6.45, 7) is 0. The molecule has 6 nitrogen and oxygen atoms in total. The van der Waals surface area contributed by atoms with Gasteiger partial charge < -0.3 is 10.2 Å². The maximum absolute atomic E-state index is 12.8. The molecule has 2 heterocycles. The van der Waals surface area contributed by atoms with Crippen molar-refractivity contribution in [2.24, 2.45) is 0 Å². The Labute approximate surface area is 149 Å². The van der Waals surface area contributed by atoms with E-state index in [0.717, 1.165) is 12.1 Å². The monoisotopic (exact) mass is 386 g/mol. The summed E-state index contributed by atoms with van der Waals surface area (Å²) >= 11 is 0. The van der Waals surface area contributed by atoms with E-state index >= 15 is 0 Å². The molecule has 1 atom stereocenters. The van der Waals surface area contributed by atoms with Crippen LogP contribution in [0.25, 0.3) is 0 Å². The molecule has 0 saturated carbocycles. The first-order valence-electron chi connectivity index (χ1n) is 7.85. The molecule has 1 saturated heterocycles. The standard InChI is InChI=1S/C16H17F3N4O2S/c1-23(13-6-8-26(24,25)10-13)14-5-7-20-15(22-14)21-12-4-2-3-11(9-12)16(17,18)19/h2-5,7,9,13H,6,8,10H2,1H3,(H,20,21,22). The van der Waals surface area contributed by atoms with E-state index in [-0.39, 0.29) is 29.2 Å². The Balaban J connectivity index is 1.78. The fraction of sp³-hybridized carbons (Fsp3) is 0.375. The van der Waals surface area contributed by atoms with Crippen LogP contribution in [-0.4, -0.2) is 43.0 Å². The molecule has 1 aromatic carbocycles. The summed E-state index contributed by atoms with van der Waals surface area (Å²) in [6.07, 6.45) is -2.45. The number of nitrogens with zero attached hydrogens (tertiary/aromatic N) is 3. The Bertz CT molecular complexity index is 902. The molecule has 2 aromatic rings. The van der Waals surface area contributed by atoms with Gasteiger partial charge in [0.15, 0.2) is 9.84 Å². The Morgan fingerprint density at radius 2 is 2.04 bits per heavy atom. The van der Waals surface area contributed by atoms with Gasteiger partial charge in [-0.15, -0.1) is 0 Å². The van der Waals surface area contributed by atoms with E-state index < -0.39 is 21.6 Å². The molecule has 1 fully saturated rings. The second-order valence-corrected chi connectivity index (χ2v) is 8.34. The Hall–Kier alpha value is -2.36. The first-order chi connectivity index (χ1) is 12.1. The van der Waals surface area contributed by atoms with Crippen LogP contribution in [0.15, 0.2) is 36.5 Å². The van der Waals surface area contributed by atoms with Gasteiger partial charge in [0.05, 0.1) is 17.1 Å². The van der Waals surface area contributed by atoms with Crippen molar-refractivity contribution in [3.8, 4) is 0 Å². The molecule has 1 unspecified atom stereocenters. The first-order valence-corrected chi connectivity index (χ1v) is 9.67. The van der Waals surface area contributed by atoms with Gasteiger partial charge in [0, 0.05) is 25.0 Å². The largest absolute Gasteiger partial charge is 0.416 e. The summed E-state index contributed by atoms with van der Waals surface area (Å²) in [5.74, 6) is 0.831. The molecular formula is C16H17F3N4O2S. The molecule has 3 rings (SSSR count). The third-order valence-electron chi connectivity index (χ3n) is 4.20. The van der Waals surface area contributed by atoms with Crippen LogP contribution < -0.4 is 10.2 Å². The molecule has 1 N–H and O–H groups in total. The van der Waals surface area contributed by atoms with Gasteiger partial charge in [-0.05, 0) is 30.7 Å². The number of hydrogen-bond acceptors (Lipinski definition) is 6. The number of rotatable bonds is 4. The third kappa shape index (κ3) is 4.24. The lowest BCUT2D eigenvalue weighted by Crippen LogP contribution is -2.33. The number of hydrogen-bond donors (Lipinski definition) is 1. The number of anilines is 3. The zero-order valence-electron chi connectivity index (χ0n) is 13.9. The molecule has 0 bridgehead atoms. The maximum atomic E-state index is 12.8. The van der Waals surface area contributed by atoms with Crippen LogP contribution >= 0.6 is 0 Å². The first kappa shape index (κ1) is 18.4. The van der Waals surface area contributed by atoms with E-state index in [2.05, 4.69) is 15.3 Å². The van der Waals surface area contributed by atoms with Crippen LogP contribution in [0.4, 0.5) is 30.6 Å². The minimum atomic E-state index is -4.44. The molecule has 0 amide bonds. The van der Waals surface area contributed by atoms with Gasteiger partial charge in [-0.25, -0.2) is 13.4 Å². The number of halogens is 3. The highest BCUT2D eigenvalue weighted by atomic mass is 32.2. The summed E-state index contributed by atoms with van der Waals surface area (Å²) in [5, 5.41) is 2.75. The highest BCUT2D eigenvalue weighted by Crippen LogP contribution is 2.31. The van der Waals surface area contributed by atoms with Crippen molar-refractivity contribution < 1.29 is 21.6 Å². The van der Waals surface area contributed by atoms with E-state index in [1.807, 2.05) is 0 Å². The minimum absolute atomic E-state index is 0.0594. The van der Waals surface area contributed by atoms with E-state index in [1.54, 1.807) is 18.0 Å². The van der Waals surface area contributed by atoms with Gasteiger partial charge in [0.2, 0.25) is 5.95 Å². The number of nitrogens with one attached hydrogen (secondary N) is 1. The summed E-state index contributed by atoms with van der Waals surface area (Å²) in [5.41, 5.74) is -0.560. The van der Waals surface area contributed by atoms with Crippen molar-refractivity contribution in [1.82, 2.24) is 9.97 Å². The molecule has 1 aromatic heterocycles. The molecule has 1 aliphatic rings. The molecular weight excluding hydrogens is 369 g/mol. The SMILES string of the molecule is CN(c1ccnc(Nc2cccc(C(F)(F)F)c2)n1)C1CCS(=O)(=O)C1. The molecule has 0 radical (unpaired) electrons. The van der Waals surface area contributed by atoms with Gasteiger partial charge in [-0.3, -0.25) is 0 Å². The zero-order chi connectivity index (χ0) is 18.9. The van der Waals surface area contributed by atoms with Crippen LogP contribution in [0.3, 0.4) is 0 Å². The molecule has 0 spiro atoms. The van der Waals surface area contributed by atoms with Gasteiger partial charge in [0.1, 0.15) is 5.82 Å². The Morgan fingerprint density at radius 1 is 1.27 bits per heavy atom. The Kier molecular flexibility index (Phi) is 4.78. The minimum Gasteiger partial charge on any atom is -0.355 e. The van der Waals surface area contributed by atoms with Crippen LogP contribution in [0.5, 0.6) is 0 Å². The van der Waals surface area contributed by atoms with Crippen molar-refractivity contribution in [1.29, 1.82) is 0 Å². The van der Waals surface area contributed by atoms with Crippen molar-refractivity contribution in [3.05, 3.63) is 42.1 Å². The molecule has 26 heavy (non-hydrogen) atoms. The van der Waals surface area contributed by atoms with Crippen LogP contribution in [0.1, 0.15) is 12.0 Å². The number of benzene rings is 1. The topological polar surface area (TPSA) is 75.2 Å². The van der Waals surface area contributed by atoms with Crippen LogP contribution in [0, 0.1) is 0 Å². The molecule has 1 aliphatic heterocycles. The smallest absolute Gasteiger partial charge is 0.355 e. The summed E-state index contributed by atoms with van der Waals surface area (Å²) in [4.78, 5) is 10.0. The van der Waals surface area contributed by atoms with Gasteiger partial charge >= 0.3 is 6.18 Å². The Morgan fingerprint density at radius 3 is 2.69 bits per heavy atom. The molecule has 0 aliphatic carbocycles. The van der Waals surface area contributed by atoms with E-state index in [0.29, 0.717) is 12.2 Å². The highest BCUT2D eigenvalue weighted by molar-refractivity contribution is 7.91. The normalized spacial score (nSPS) is 19.3. The second-order valence-electron chi connectivity index (χ2n) is 6.11.